The van der Waals surface area contributed by atoms with Crippen LogP contribution in [0.5, 0.6) is 0 Å². The van der Waals surface area contributed by atoms with E-state index in [1.54, 1.807) is 31.5 Å². The van der Waals surface area contributed by atoms with Gasteiger partial charge in [-0.1, -0.05) is 18.2 Å². The van der Waals surface area contributed by atoms with Crippen LogP contribution in [0.4, 0.5) is 4.39 Å². The maximum atomic E-state index is 14.9. The number of likely N-dealkylation sites (tertiary alicyclic amines) is 1. The van der Waals surface area contributed by atoms with Crippen molar-refractivity contribution in [2.24, 2.45) is 5.73 Å². The lowest BCUT2D eigenvalue weighted by atomic mass is 9.95. The zero-order chi connectivity index (χ0) is 21.7. The fraction of sp³-hybridized carbons (Fsp3) is 0.381. The summed E-state index contributed by atoms with van der Waals surface area (Å²) in [5.74, 6) is -0.566. The number of nitrogens with zero attached hydrogens (tertiary/aromatic N) is 3. The van der Waals surface area contributed by atoms with Gasteiger partial charge in [-0.3, -0.25) is 15.0 Å². The van der Waals surface area contributed by atoms with Crippen LogP contribution in [0.1, 0.15) is 43.5 Å². The first-order valence-corrected chi connectivity index (χ1v) is 9.69. The molecule has 0 spiro atoms. The number of esters is 1. The second-order valence-electron chi connectivity index (χ2n) is 7.25. The normalized spacial score (nSPS) is 14.4. The Balaban J connectivity index is 1.68. The van der Waals surface area contributed by atoms with Gasteiger partial charge in [0.1, 0.15) is 30.5 Å². The van der Waals surface area contributed by atoms with E-state index >= 15 is 0 Å². The van der Waals surface area contributed by atoms with E-state index in [-0.39, 0.29) is 36.3 Å². The summed E-state index contributed by atoms with van der Waals surface area (Å²) >= 11 is 0. The number of halogens is 1. The Morgan fingerprint density at radius 3 is 2.53 bits per heavy atom. The number of carbonyl (C=O) groups excluding carboxylic acids is 2. The number of hydrogen-bond acceptors (Lipinski definition) is 6. The number of aromatic nitrogens is 2. The molecule has 1 aromatic heterocycles. The van der Waals surface area contributed by atoms with Gasteiger partial charge in [0.15, 0.2) is 0 Å². The van der Waals surface area contributed by atoms with Crippen LogP contribution in [0.15, 0.2) is 30.6 Å². The Morgan fingerprint density at radius 1 is 1.27 bits per heavy atom. The molecule has 1 fully saturated rings. The second-order valence-corrected chi connectivity index (χ2v) is 7.25. The molecular weight excluding hydrogens is 389 g/mol. The predicted molar refractivity (Wildman–Crippen MR) is 108 cm³/mol. The number of ether oxygens (including phenoxy) is 1. The molecule has 0 unspecified atom stereocenters. The van der Waals surface area contributed by atoms with Gasteiger partial charge in [-0.05, 0) is 12.8 Å². The van der Waals surface area contributed by atoms with Crippen LogP contribution >= 0.6 is 0 Å². The average molecular weight is 413 g/mol. The highest BCUT2D eigenvalue weighted by Crippen LogP contribution is 2.28. The van der Waals surface area contributed by atoms with Gasteiger partial charge in [-0.25, -0.2) is 14.4 Å². The third-order valence-corrected chi connectivity index (χ3v) is 5.09. The first kappa shape index (κ1) is 21.4. The first-order chi connectivity index (χ1) is 14.3. The molecule has 1 aliphatic rings. The highest BCUT2D eigenvalue weighted by Gasteiger charge is 2.24. The monoisotopic (exact) mass is 413 g/mol. The molecule has 2 heterocycles. The molecule has 1 amide bonds. The summed E-state index contributed by atoms with van der Waals surface area (Å²) in [4.78, 5) is 33.6. The Bertz CT molecular complexity index is 940. The molecule has 0 radical (unpaired) electrons. The second kappa shape index (κ2) is 9.43. The Labute approximate surface area is 173 Å². The number of benzene rings is 1. The van der Waals surface area contributed by atoms with Crippen LogP contribution in [-0.4, -0.2) is 45.7 Å². The molecule has 9 heteroatoms. The van der Waals surface area contributed by atoms with Crippen LogP contribution in [0.2, 0.25) is 0 Å². The van der Waals surface area contributed by atoms with Crippen molar-refractivity contribution < 1.29 is 18.7 Å². The molecule has 3 N–H and O–H groups in total. The number of carbonyl (C=O) groups is 2. The van der Waals surface area contributed by atoms with E-state index in [1.807, 2.05) is 4.90 Å². The van der Waals surface area contributed by atoms with Crippen molar-refractivity contribution in [2.45, 2.75) is 38.7 Å². The van der Waals surface area contributed by atoms with Crippen LogP contribution in [0, 0.1) is 11.2 Å². The van der Waals surface area contributed by atoms with Gasteiger partial charge < -0.3 is 15.4 Å². The van der Waals surface area contributed by atoms with Gasteiger partial charge in [-0.2, -0.15) is 0 Å². The zero-order valence-electron chi connectivity index (χ0n) is 16.7. The quantitative estimate of drug-likeness (QED) is 0.426. The molecule has 0 saturated carbocycles. The maximum Gasteiger partial charge on any atom is 0.313 e. The van der Waals surface area contributed by atoms with Gasteiger partial charge in [0.05, 0.1) is 0 Å². The number of rotatable bonds is 6. The van der Waals surface area contributed by atoms with Crippen molar-refractivity contribution in [3.63, 3.8) is 0 Å². The fourth-order valence-corrected chi connectivity index (χ4v) is 3.42. The number of piperidine rings is 1. The summed E-state index contributed by atoms with van der Waals surface area (Å²) in [5.41, 5.74) is 6.20. The minimum atomic E-state index is -0.684. The van der Waals surface area contributed by atoms with Crippen LogP contribution in [-0.2, 0) is 20.9 Å². The van der Waals surface area contributed by atoms with Crippen molar-refractivity contribution in [1.29, 1.82) is 5.41 Å². The lowest BCUT2D eigenvalue weighted by Gasteiger charge is -2.30. The summed E-state index contributed by atoms with van der Waals surface area (Å²) in [7, 11) is 0. The van der Waals surface area contributed by atoms with Crippen molar-refractivity contribution in [3.05, 3.63) is 47.8 Å². The minimum Gasteiger partial charge on any atom is -0.460 e. The van der Waals surface area contributed by atoms with Gasteiger partial charge in [0.2, 0.25) is 5.91 Å². The topological polar surface area (TPSA) is 122 Å². The summed E-state index contributed by atoms with van der Waals surface area (Å²) in [6.45, 7) is 2.69. The molecule has 1 aromatic carbocycles. The van der Waals surface area contributed by atoms with Crippen molar-refractivity contribution >= 4 is 17.7 Å². The number of amides is 1. The SMILES string of the molecule is CC(=O)N1CCC(c2ncc(-c3cccc(COC(=O)CC(=N)N)c3F)cn2)CC1. The van der Waals surface area contributed by atoms with E-state index in [2.05, 4.69) is 9.97 Å². The molecule has 1 aliphatic heterocycles. The molecule has 30 heavy (non-hydrogen) atoms. The van der Waals surface area contributed by atoms with Crippen molar-refractivity contribution in [2.75, 3.05) is 13.1 Å². The molecular formula is C21H24FN5O3. The number of hydrogen-bond donors (Lipinski definition) is 2. The van der Waals surface area contributed by atoms with E-state index in [0.717, 1.165) is 12.8 Å². The molecule has 0 aliphatic carbocycles. The Hall–Kier alpha value is -3.36. The summed E-state index contributed by atoms with van der Waals surface area (Å²) in [6, 6.07) is 4.80. The molecule has 1 saturated heterocycles. The van der Waals surface area contributed by atoms with Gasteiger partial charge in [0.25, 0.3) is 0 Å². The van der Waals surface area contributed by atoms with Crippen LogP contribution in [0.3, 0.4) is 0 Å². The highest BCUT2D eigenvalue weighted by molar-refractivity contribution is 5.94. The van der Waals surface area contributed by atoms with Gasteiger partial charge in [0, 0.05) is 55.0 Å². The molecule has 158 valence electrons. The van der Waals surface area contributed by atoms with E-state index < -0.39 is 11.8 Å². The van der Waals surface area contributed by atoms with Crippen LogP contribution < -0.4 is 5.73 Å². The first-order valence-electron chi connectivity index (χ1n) is 9.69. The average Bonchev–Trinajstić information content (AvgIpc) is 2.73. The standard InChI is InChI=1S/C21H24FN5O3/c1-13(28)27-7-5-14(6-8-27)21-25-10-16(11-26-21)17-4-2-3-15(20(17)22)12-30-19(29)9-18(23)24/h2-4,10-11,14H,5-9,12H2,1H3,(H3,23,24). The molecule has 0 bridgehead atoms. The molecule has 0 atom stereocenters. The fourth-order valence-electron chi connectivity index (χ4n) is 3.42. The van der Waals surface area contributed by atoms with E-state index in [4.69, 9.17) is 15.9 Å². The molecule has 8 nitrogen and oxygen atoms in total. The molecule has 2 aromatic rings. The van der Waals surface area contributed by atoms with Crippen molar-refractivity contribution in [3.8, 4) is 11.1 Å². The summed E-state index contributed by atoms with van der Waals surface area (Å²) in [5, 5.41) is 7.09. The van der Waals surface area contributed by atoms with E-state index in [1.165, 1.54) is 6.07 Å². The Morgan fingerprint density at radius 2 is 1.93 bits per heavy atom. The largest absolute Gasteiger partial charge is 0.460 e. The lowest BCUT2D eigenvalue weighted by Crippen LogP contribution is -2.36. The van der Waals surface area contributed by atoms with E-state index in [0.29, 0.717) is 30.0 Å². The number of nitrogens with two attached hydrogens (primary N) is 1. The van der Waals surface area contributed by atoms with Gasteiger partial charge in [-0.15, -0.1) is 0 Å². The smallest absolute Gasteiger partial charge is 0.313 e. The summed E-state index contributed by atoms with van der Waals surface area (Å²) in [6.07, 6.45) is 4.44. The predicted octanol–water partition coefficient (Wildman–Crippen LogP) is 2.38. The van der Waals surface area contributed by atoms with Gasteiger partial charge >= 0.3 is 5.97 Å². The van der Waals surface area contributed by atoms with Crippen LogP contribution in [0.25, 0.3) is 11.1 Å². The third-order valence-electron chi connectivity index (χ3n) is 5.09. The minimum absolute atomic E-state index is 0.0760. The van der Waals surface area contributed by atoms with E-state index in [9.17, 15) is 14.0 Å². The number of amidine groups is 1. The Kier molecular flexibility index (Phi) is 6.71. The summed E-state index contributed by atoms with van der Waals surface area (Å²) < 4.78 is 19.9. The number of nitrogens with one attached hydrogen (secondary N) is 1. The highest BCUT2D eigenvalue weighted by atomic mass is 19.1. The molecule has 3 rings (SSSR count). The van der Waals surface area contributed by atoms with Crippen molar-refractivity contribution in [1.82, 2.24) is 14.9 Å². The lowest BCUT2D eigenvalue weighted by molar-refractivity contribution is -0.143. The zero-order valence-corrected chi connectivity index (χ0v) is 16.7. The third kappa shape index (κ3) is 5.16. The maximum absolute atomic E-state index is 14.9.